The van der Waals surface area contributed by atoms with E-state index in [2.05, 4.69) is 6.92 Å². The molecule has 0 bridgehead atoms. The summed E-state index contributed by atoms with van der Waals surface area (Å²) in [6, 6.07) is 5.67. The van der Waals surface area contributed by atoms with Crippen LogP contribution >= 0.6 is 0 Å². The summed E-state index contributed by atoms with van der Waals surface area (Å²) in [6.07, 6.45) is 5.47. The number of carbonyl (C=O) groups is 1. The number of nitrogens with zero attached hydrogens (tertiary/aromatic N) is 2. The smallest absolute Gasteiger partial charge is 0.232 e. The van der Waals surface area contributed by atoms with Crippen molar-refractivity contribution in [3.63, 3.8) is 0 Å². The highest BCUT2D eigenvalue weighted by Gasteiger charge is 2.27. The van der Waals surface area contributed by atoms with Crippen LogP contribution in [0.25, 0.3) is 0 Å². The molecule has 6 nitrogen and oxygen atoms in total. The van der Waals surface area contributed by atoms with Crippen molar-refractivity contribution in [2.24, 2.45) is 0 Å². The van der Waals surface area contributed by atoms with Gasteiger partial charge in [-0.2, -0.15) is 0 Å². The molecule has 7 heteroatoms. The van der Waals surface area contributed by atoms with Gasteiger partial charge >= 0.3 is 0 Å². The third-order valence-corrected chi connectivity index (χ3v) is 6.13. The third kappa shape index (κ3) is 4.90. The molecule has 26 heavy (non-hydrogen) atoms. The average molecular weight is 383 g/mol. The lowest BCUT2D eigenvalue weighted by molar-refractivity contribution is -0.134. The van der Waals surface area contributed by atoms with Crippen molar-refractivity contribution in [1.82, 2.24) is 4.90 Å². The lowest BCUT2D eigenvalue weighted by Gasteiger charge is -2.36. The summed E-state index contributed by atoms with van der Waals surface area (Å²) in [7, 11) is -2.02. The first-order chi connectivity index (χ1) is 12.3. The fourth-order valence-electron chi connectivity index (χ4n) is 3.55. The molecule has 0 spiro atoms. The van der Waals surface area contributed by atoms with E-state index in [1.165, 1.54) is 11.4 Å². The largest absolute Gasteiger partial charge is 0.495 e. The van der Waals surface area contributed by atoms with Crippen LogP contribution < -0.4 is 9.04 Å². The Morgan fingerprint density at radius 3 is 2.69 bits per heavy atom. The van der Waals surface area contributed by atoms with Gasteiger partial charge in [0.15, 0.2) is 0 Å². The van der Waals surface area contributed by atoms with Gasteiger partial charge in [-0.05, 0) is 50.3 Å². The van der Waals surface area contributed by atoms with E-state index in [0.717, 1.165) is 44.0 Å². The molecule has 1 fully saturated rings. The molecule has 1 aliphatic heterocycles. The van der Waals surface area contributed by atoms with E-state index in [0.29, 0.717) is 11.4 Å². The van der Waals surface area contributed by atoms with E-state index in [4.69, 9.17) is 4.74 Å². The zero-order valence-electron chi connectivity index (χ0n) is 16.2. The summed E-state index contributed by atoms with van der Waals surface area (Å²) in [4.78, 5) is 14.7. The topological polar surface area (TPSA) is 66.9 Å². The maximum absolute atomic E-state index is 12.7. The van der Waals surface area contributed by atoms with Crippen molar-refractivity contribution < 1.29 is 17.9 Å². The Balaban J connectivity index is 2.20. The van der Waals surface area contributed by atoms with Crippen LogP contribution in [0.2, 0.25) is 0 Å². The molecule has 0 saturated carbocycles. The second-order valence-corrected chi connectivity index (χ2v) is 8.81. The number of amides is 1. The quantitative estimate of drug-likeness (QED) is 0.727. The van der Waals surface area contributed by atoms with Crippen LogP contribution in [-0.4, -0.2) is 51.7 Å². The number of anilines is 1. The Hall–Kier alpha value is -1.76. The van der Waals surface area contributed by atoms with Crippen LogP contribution in [-0.2, 0) is 14.8 Å². The number of piperidine rings is 1. The molecule has 0 radical (unpaired) electrons. The fraction of sp³-hybridized carbons (Fsp3) is 0.632. The first kappa shape index (κ1) is 20.6. The minimum absolute atomic E-state index is 0.0248. The van der Waals surface area contributed by atoms with E-state index in [1.807, 2.05) is 17.9 Å². The molecule has 0 N–H and O–H groups in total. The number of hydrogen-bond acceptors (Lipinski definition) is 4. The van der Waals surface area contributed by atoms with Gasteiger partial charge in [0.25, 0.3) is 0 Å². The number of sulfonamides is 1. The van der Waals surface area contributed by atoms with Crippen LogP contribution in [0.5, 0.6) is 5.75 Å². The van der Waals surface area contributed by atoms with Crippen molar-refractivity contribution in [2.45, 2.75) is 52.0 Å². The summed E-state index contributed by atoms with van der Waals surface area (Å²) < 4.78 is 31.3. The van der Waals surface area contributed by atoms with Gasteiger partial charge in [-0.1, -0.05) is 13.0 Å². The van der Waals surface area contributed by atoms with Crippen LogP contribution in [0.1, 0.15) is 44.6 Å². The van der Waals surface area contributed by atoms with Crippen LogP contribution in [0.4, 0.5) is 5.69 Å². The Morgan fingerprint density at radius 2 is 2.08 bits per heavy atom. The summed E-state index contributed by atoms with van der Waals surface area (Å²) in [5.74, 6) is 0.509. The Kier molecular flexibility index (Phi) is 6.92. The maximum Gasteiger partial charge on any atom is 0.232 e. The van der Waals surface area contributed by atoms with Gasteiger partial charge in [0.1, 0.15) is 5.75 Å². The van der Waals surface area contributed by atoms with Crippen LogP contribution in [0.15, 0.2) is 18.2 Å². The molecular formula is C19H30N2O4S. The second kappa shape index (κ2) is 8.75. The zero-order valence-corrected chi connectivity index (χ0v) is 17.0. The Morgan fingerprint density at radius 1 is 1.35 bits per heavy atom. The van der Waals surface area contributed by atoms with Gasteiger partial charge in [0, 0.05) is 25.6 Å². The predicted molar refractivity (Wildman–Crippen MR) is 104 cm³/mol. The number of aryl methyl sites for hydroxylation is 1. The molecule has 1 aliphatic rings. The van der Waals surface area contributed by atoms with E-state index >= 15 is 0 Å². The molecule has 2 rings (SSSR count). The monoisotopic (exact) mass is 382 g/mol. The second-order valence-electron chi connectivity index (χ2n) is 6.91. The van der Waals surface area contributed by atoms with Crippen molar-refractivity contribution in [2.75, 3.05) is 30.8 Å². The molecule has 1 aromatic carbocycles. The number of rotatable bonds is 7. The summed E-state index contributed by atoms with van der Waals surface area (Å²) in [6.45, 7) is 4.87. The van der Waals surface area contributed by atoms with Crippen molar-refractivity contribution >= 4 is 21.6 Å². The first-order valence-corrected chi connectivity index (χ1v) is 11.0. The number of likely N-dealkylation sites (tertiary alicyclic amines) is 1. The maximum atomic E-state index is 12.7. The number of hydrogen-bond donors (Lipinski definition) is 0. The average Bonchev–Trinajstić information content (AvgIpc) is 2.60. The van der Waals surface area contributed by atoms with E-state index in [9.17, 15) is 13.2 Å². The summed E-state index contributed by atoms with van der Waals surface area (Å²) >= 11 is 0. The van der Waals surface area contributed by atoms with Crippen molar-refractivity contribution in [1.29, 1.82) is 0 Å². The fourth-order valence-corrected chi connectivity index (χ4v) is 4.48. The van der Waals surface area contributed by atoms with Crippen molar-refractivity contribution in [3.05, 3.63) is 23.8 Å². The third-order valence-electron chi connectivity index (χ3n) is 4.95. The summed E-state index contributed by atoms with van der Waals surface area (Å²) in [5.41, 5.74) is 1.41. The Bertz CT molecular complexity index is 733. The van der Waals surface area contributed by atoms with Crippen molar-refractivity contribution in [3.8, 4) is 5.75 Å². The number of benzene rings is 1. The van der Waals surface area contributed by atoms with E-state index < -0.39 is 10.0 Å². The normalized spacial score (nSPS) is 17.8. The van der Waals surface area contributed by atoms with Gasteiger partial charge < -0.3 is 9.64 Å². The highest BCUT2D eigenvalue weighted by Crippen LogP contribution is 2.31. The molecule has 1 amide bonds. The first-order valence-electron chi connectivity index (χ1n) is 9.19. The SMILES string of the molecule is CCC1CCCCN1C(=O)CCN(c1cc(C)ccc1OC)S(C)(=O)=O. The minimum Gasteiger partial charge on any atom is -0.495 e. The van der Waals surface area contributed by atoms with E-state index in [1.54, 1.807) is 12.1 Å². The number of methoxy groups -OCH3 is 1. The lowest BCUT2D eigenvalue weighted by atomic mass is 9.99. The van der Waals surface area contributed by atoms with Gasteiger partial charge in [0.05, 0.1) is 19.1 Å². The zero-order chi connectivity index (χ0) is 19.3. The van der Waals surface area contributed by atoms with Crippen LogP contribution in [0.3, 0.4) is 0 Å². The highest BCUT2D eigenvalue weighted by molar-refractivity contribution is 7.92. The molecule has 1 unspecified atom stereocenters. The highest BCUT2D eigenvalue weighted by atomic mass is 32.2. The molecule has 0 aromatic heterocycles. The predicted octanol–water partition coefficient (Wildman–Crippen LogP) is 2.95. The number of ether oxygens (including phenoxy) is 1. The molecule has 0 aliphatic carbocycles. The summed E-state index contributed by atoms with van der Waals surface area (Å²) in [5, 5.41) is 0. The molecule has 1 heterocycles. The van der Waals surface area contributed by atoms with Crippen LogP contribution in [0, 0.1) is 6.92 Å². The van der Waals surface area contributed by atoms with E-state index in [-0.39, 0.29) is 24.9 Å². The van der Waals surface area contributed by atoms with Gasteiger partial charge in [-0.15, -0.1) is 0 Å². The molecule has 146 valence electrons. The number of carbonyl (C=O) groups excluding carboxylic acids is 1. The molecule has 1 atom stereocenters. The van der Waals surface area contributed by atoms with Gasteiger partial charge in [-0.25, -0.2) is 8.42 Å². The lowest BCUT2D eigenvalue weighted by Crippen LogP contribution is -2.44. The molecule has 1 aromatic rings. The minimum atomic E-state index is -3.53. The van der Waals surface area contributed by atoms with Gasteiger partial charge in [-0.3, -0.25) is 9.10 Å². The standard InChI is InChI=1S/C19H30N2O4S/c1-5-16-8-6-7-12-20(16)19(22)11-13-21(26(4,23)24)17-14-15(2)9-10-18(17)25-3/h9-10,14,16H,5-8,11-13H2,1-4H3. The molecule has 1 saturated heterocycles. The Labute approximate surface area is 157 Å². The van der Waals surface area contributed by atoms with Gasteiger partial charge in [0.2, 0.25) is 15.9 Å². The molecular weight excluding hydrogens is 352 g/mol.